The minimum absolute atomic E-state index is 0.119. The molecule has 0 heterocycles. The highest BCUT2D eigenvalue weighted by Crippen LogP contribution is 2.28. The van der Waals surface area contributed by atoms with Crippen LogP contribution in [0.3, 0.4) is 0 Å². The molecule has 200 valence electrons. The zero-order valence-corrected chi connectivity index (χ0v) is 22.1. The first-order valence-corrected chi connectivity index (χ1v) is 11.7. The summed E-state index contributed by atoms with van der Waals surface area (Å²) in [5.41, 5.74) is 6.72. The summed E-state index contributed by atoms with van der Waals surface area (Å²) in [4.78, 5) is 64.3. The van der Waals surface area contributed by atoms with E-state index in [2.05, 4.69) is 15.4 Å². The molecule has 4 N–H and O–H groups in total. The number of nitrogens with two attached hydrogens (primary N) is 1. The number of carbonyl (C=O) groups excluding carboxylic acids is 5. The van der Waals surface area contributed by atoms with Gasteiger partial charge in [-0.05, 0) is 57.7 Å². The molecule has 0 aliphatic carbocycles. The van der Waals surface area contributed by atoms with Crippen LogP contribution in [0.4, 0.5) is 4.79 Å². The van der Waals surface area contributed by atoms with Crippen molar-refractivity contribution in [1.29, 1.82) is 0 Å². The van der Waals surface area contributed by atoms with E-state index in [4.69, 9.17) is 10.5 Å². The Hall–Kier alpha value is -3.63. The molecule has 0 radical (unpaired) electrons. The minimum atomic E-state index is -1.37. The summed E-state index contributed by atoms with van der Waals surface area (Å²) in [5.74, 6) is -2.79. The average Bonchev–Trinajstić information content (AvgIpc) is 2.77. The SMILES string of the molecule is CCCN(C(=O)C(CC(N)=O)NC(=O)OC(C)(C)C)C(C(=O)NCC(=O)OC)c1cccc(C)c1C. The van der Waals surface area contributed by atoms with E-state index in [1.54, 1.807) is 32.9 Å². The average molecular weight is 507 g/mol. The van der Waals surface area contributed by atoms with E-state index in [1.165, 1.54) is 12.0 Å². The molecule has 0 fully saturated rings. The minimum Gasteiger partial charge on any atom is -0.468 e. The number of benzene rings is 1. The first kappa shape index (κ1) is 30.4. The van der Waals surface area contributed by atoms with Gasteiger partial charge in [-0.1, -0.05) is 25.1 Å². The predicted molar refractivity (Wildman–Crippen MR) is 133 cm³/mol. The van der Waals surface area contributed by atoms with Gasteiger partial charge in [0, 0.05) is 6.54 Å². The van der Waals surface area contributed by atoms with Crippen molar-refractivity contribution in [1.82, 2.24) is 15.5 Å². The summed E-state index contributed by atoms with van der Waals surface area (Å²) < 4.78 is 9.84. The van der Waals surface area contributed by atoms with Gasteiger partial charge in [0.25, 0.3) is 0 Å². The Morgan fingerprint density at radius 1 is 1.11 bits per heavy atom. The molecule has 0 aromatic heterocycles. The third-order valence-electron chi connectivity index (χ3n) is 5.28. The van der Waals surface area contributed by atoms with Gasteiger partial charge >= 0.3 is 12.1 Å². The number of aryl methyl sites for hydroxylation is 1. The predicted octanol–water partition coefficient (Wildman–Crippen LogP) is 1.64. The summed E-state index contributed by atoms with van der Waals surface area (Å²) in [7, 11) is 1.19. The van der Waals surface area contributed by atoms with Gasteiger partial charge < -0.3 is 30.7 Å². The van der Waals surface area contributed by atoms with Crippen molar-refractivity contribution in [3.63, 3.8) is 0 Å². The van der Waals surface area contributed by atoms with Crippen molar-refractivity contribution in [2.24, 2.45) is 5.73 Å². The van der Waals surface area contributed by atoms with E-state index in [0.29, 0.717) is 12.0 Å². The Balaban J connectivity index is 3.51. The number of hydrogen-bond donors (Lipinski definition) is 3. The van der Waals surface area contributed by atoms with Crippen molar-refractivity contribution in [3.8, 4) is 0 Å². The number of rotatable bonds is 11. The fourth-order valence-corrected chi connectivity index (χ4v) is 3.51. The smallest absolute Gasteiger partial charge is 0.408 e. The van der Waals surface area contributed by atoms with Gasteiger partial charge in [-0.3, -0.25) is 19.2 Å². The van der Waals surface area contributed by atoms with Crippen LogP contribution in [0.25, 0.3) is 0 Å². The number of methoxy groups -OCH3 is 1. The normalized spacial score (nSPS) is 12.6. The lowest BCUT2D eigenvalue weighted by molar-refractivity contribution is -0.145. The van der Waals surface area contributed by atoms with Crippen molar-refractivity contribution in [3.05, 3.63) is 34.9 Å². The number of alkyl carbamates (subject to hydrolysis) is 1. The number of carbonyl (C=O) groups is 5. The number of amides is 4. The van der Waals surface area contributed by atoms with Crippen LogP contribution in [0.2, 0.25) is 0 Å². The highest BCUT2D eigenvalue weighted by molar-refractivity contribution is 5.95. The molecular weight excluding hydrogens is 468 g/mol. The lowest BCUT2D eigenvalue weighted by Gasteiger charge is -2.35. The molecule has 0 saturated heterocycles. The second-order valence-electron chi connectivity index (χ2n) is 9.39. The fourth-order valence-electron chi connectivity index (χ4n) is 3.51. The van der Waals surface area contributed by atoms with Crippen LogP contribution >= 0.6 is 0 Å². The molecule has 0 aliphatic rings. The monoisotopic (exact) mass is 506 g/mol. The van der Waals surface area contributed by atoms with Crippen LogP contribution in [0, 0.1) is 13.8 Å². The Labute approximate surface area is 212 Å². The number of esters is 1. The van der Waals surface area contributed by atoms with Gasteiger partial charge in [0.05, 0.1) is 13.5 Å². The van der Waals surface area contributed by atoms with Gasteiger partial charge in [0.2, 0.25) is 17.7 Å². The molecule has 0 bridgehead atoms. The maximum Gasteiger partial charge on any atom is 0.408 e. The molecule has 1 aromatic rings. The quantitative estimate of drug-likeness (QED) is 0.385. The van der Waals surface area contributed by atoms with Gasteiger partial charge in [-0.15, -0.1) is 0 Å². The number of hydrogen-bond acceptors (Lipinski definition) is 7. The standard InChI is InChI=1S/C25H38N4O7/c1-8-12-29(23(33)18(13-19(26)30)28-24(34)36-25(4,5)6)21(22(32)27-14-20(31)35-7)17-11-9-10-15(2)16(17)3/h9-11,18,21H,8,12-14H2,1-7H3,(H2,26,30)(H,27,32)(H,28,34). The third kappa shape index (κ3) is 9.20. The molecular formula is C25H38N4O7. The second kappa shape index (κ2) is 13.5. The van der Waals surface area contributed by atoms with Crippen LogP contribution in [0.5, 0.6) is 0 Å². The molecule has 4 amide bonds. The zero-order valence-electron chi connectivity index (χ0n) is 22.1. The number of primary amides is 1. The Morgan fingerprint density at radius 2 is 1.75 bits per heavy atom. The van der Waals surface area contributed by atoms with Crippen LogP contribution in [-0.4, -0.2) is 66.5 Å². The topological polar surface area (TPSA) is 157 Å². The molecule has 1 rings (SSSR count). The van der Waals surface area contributed by atoms with Crippen molar-refractivity contribution in [2.45, 2.75) is 72.1 Å². The number of nitrogens with zero attached hydrogens (tertiary/aromatic N) is 1. The summed E-state index contributed by atoms with van der Waals surface area (Å²) >= 11 is 0. The van der Waals surface area contributed by atoms with Crippen LogP contribution < -0.4 is 16.4 Å². The molecule has 11 heteroatoms. The highest BCUT2D eigenvalue weighted by Gasteiger charge is 2.37. The van der Waals surface area contributed by atoms with Gasteiger partial charge in [0.1, 0.15) is 24.2 Å². The van der Waals surface area contributed by atoms with E-state index in [9.17, 15) is 24.0 Å². The molecule has 0 aliphatic heterocycles. The number of ether oxygens (including phenoxy) is 2. The Morgan fingerprint density at radius 3 is 2.28 bits per heavy atom. The molecule has 11 nitrogen and oxygen atoms in total. The highest BCUT2D eigenvalue weighted by atomic mass is 16.6. The molecule has 0 saturated carbocycles. The van der Waals surface area contributed by atoms with Gasteiger partial charge in [-0.25, -0.2) is 4.79 Å². The maximum atomic E-state index is 13.8. The van der Waals surface area contributed by atoms with Crippen molar-refractivity contribution in [2.75, 3.05) is 20.2 Å². The van der Waals surface area contributed by atoms with Gasteiger partial charge in [-0.2, -0.15) is 0 Å². The summed E-state index contributed by atoms with van der Waals surface area (Å²) in [6.45, 7) is 10.2. The third-order valence-corrected chi connectivity index (χ3v) is 5.28. The summed E-state index contributed by atoms with van der Waals surface area (Å²) in [6.07, 6.45) is -0.939. The summed E-state index contributed by atoms with van der Waals surface area (Å²) in [5, 5.41) is 4.93. The second-order valence-corrected chi connectivity index (χ2v) is 9.39. The summed E-state index contributed by atoms with van der Waals surface area (Å²) in [6, 6.07) is 2.81. The zero-order chi connectivity index (χ0) is 27.6. The van der Waals surface area contributed by atoms with E-state index < -0.39 is 60.4 Å². The van der Waals surface area contributed by atoms with Crippen molar-refractivity contribution >= 4 is 29.8 Å². The molecule has 2 unspecified atom stereocenters. The fraction of sp³-hybridized carbons (Fsp3) is 0.560. The molecule has 36 heavy (non-hydrogen) atoms. The lowest BCUT2D eigenvalue weighted by atomic mass is 9.94. The van der Waals surface area contributed by atoms with Crippen molar-refractivity contribution < 1.29 is 33.4 Å². The van der Waals surface area contributed by atoms with E-state index in [1.807, 2.05) is 26.8 Å². The molecule has 1 aromatic carbocycles. The maximum absolute atomic E-state index is 13.8. The van der Waals surface area contributed by atoms with Crippen LogP contribution in [-0.2, 0) is 28.7 Å². The Kier molecular flexibility index (Phi) is 11.4. The van der Waals surface area contributed by atoms with Crippen LogP contribution in [0.1, 0.15) is 63.3 Å². The van der Waals surface area contributed by atoms with Crippen LogP contribution in [0.15, 0.2) is 18.2 Å². The molecule has 0 spiro atoms. The first-order chi connectivity index (χ1) is 16.7. The number of nitrogens with one attached hydrogen (secondary N) is 2. The van der Waals surface area contributed by atoms with E-state index in [-0.39, 0.29) is 6.54 Å². The first-order valence-electron chi connectivity index (χ1n) is 11.7. The lowest BCUT2D eigenvalue weighted by Crippen LogP contribution is -2.54. The van der Waals surface area contributed by atoms with Gasteiger partial charge in [0.15, 0.2) is 0 Å². The Bertz CT molecular complexity index is 972. The largest absolute Gasteiger partial charge is 0.468 e. The molecule has 2 atom stereocenters. The van der Waals surface area contributed by atoms with E-state index >= 15 is 0 Å². The van der Waals surface area contributed by atoms with E-state index in [0.717, 1.165) is 11.1 Å².